The highest BCUT2D eigenvalue weighted by Crippen LogP contribution is 2.27. The molecule has 3 aromatic rings. The molecule has 0 fully saturated rings. The second-order valence-corrected chi connectivity index (χ2v) is 6.55. The lowest BCUT2D eigenvalue weighted by atomic mass is 10.1. The minimum Gasteiger partial charge on any atom is -0.493 e. The van der Waals surface area contributed by atoms with Gasteiger partial charge in [0.15, 0.2) is 11.5 Å². The number of methoxy groups -OCH3 is 2. The first-order valence-electron chi connectivity index (χ1n) is 8.77. The Bertz CT molecular complexity index is 1100. The minimum atomic E-state index is -0.335. The first kappa shape index (κ1) is 19.3. The Kier molecular flexibility index (Phi) is 5.30. The summed E-state index contributed by atoms with van der Waals surface area (Å²) in [6, 6.07) is 8.83. The van der Waals surface area contributed by atoms with Crippen molar-refractivity contribution in [3.05, 3.63) is 51.9 Å². The molecule has 2 aromatic carbocycles. The maximum absolute atomic E-state index is 12.4. The zero-order valence-electron chi connectivity index (χ0n) is 16.6. The zero-order chi connectivity index (χ0) is 20.4. The van der Waals surface area contributed by atoms with Crippen LogP contribution in [-0.4, -0.2) is 29.4 Å². The van der Waals surface area contributed by atoms with Gasteiger partial charge in [0.25, 0.3) is 0 Å². The normalized spacial score (nSPS) is 10.8. The van der Waals surface area contributed by atoms with Gasteiger partial charge in [0.1, 0.15) is 0 Å². The fourth-order valence-electron chi connectivity index (χ4n) is 3.12. The number of carbonyl (C=O) groups excluding carboxylic acids is 1. The van der Waals surface area contributed by atoms with E-state index in [9.17, 15) is 9.59 Å². The number of fused-ring (bicyclic) bond motifs is 1. The van der Waals surface area contributed by atoms with Crippen LogP contribution >= 0.6 is 0 Å². The highest BCUT2D eigenvalue weighted by molar-refractivity contribution is 5.93. The van der Waals surface area contributed by atoms with Crippen LogP contribution in [0.5, 0.6) is 11.5 Å². The monoisotopic (exact) mass is 384 g/mol. The third kappa shape index (κ3) is 3.53. The lowest BCUT2D eigenvalue weighted by Crippen LogP contribution is -2.28. The molecule has 28 heavy (non-hydrogen) atoms. The number of ether oxygens (including phenoxy) is 2. The van der Waals surface area contributed by atoms with E-state index in [-0.39, 0.29) is 11.7 Å². The molecule has 2 N–H and O–H groups in total. The van der Waals surface area contributed by atoms with Gasteiger partial charge in [0.2, 0.25) is 0 Å². The van der Waals surface area contributed by atoms with Crippen LogP contribution in [0.15, 0.2) is 35.1 Å². The van der Waals surface area contributed by atoms with Crippen LogP contribution in [0.2, 0.25) is 0 Å². The number of carbonyl (C=O) groups is 1. The van der Waals surface area contributed by atoms with Gasteiger partial charge in [-0.25, -0.2) is 9.59 Å². The summed E-state index contributed by atoms with van der Waals surface area (Å²) in [5.74, 6) is 1.24. The Morgan fingerprint density at radius 3 is 2.29 bits per heavy atom. The number of imidazole rings is 1. The molecule has 0 unspecified atom stereocenters. The molecular weight excluding hydrogens is 360 g/mol. The van der Waals surface area contributed by atoms with E-state index >= 15 is 0 Å². The molecule has 148 valence electrons. The summed E-state index contributed by atoms with van der Waals surface area (Å²) in [6.45, 7) is 2.22. The standard InChI is InChI=1S/C20H24N4O4/c1-12-8-15-16(24(3)20(26)23(15)2)10-14(12)22-19(25)21-11-13-6-7-17(27-4)18(9-13)28-5/h6-10H,11H2,1-5H3,(H2,21,22,25). The number of benzene rings is 2. The second-order valence-electron chi connectivity index (χ2n) is 6.55. The summed E-state index contributed by atoms with van der Waals surface area (Å²) >= 11 is 0. The van der Waals surface area contributed by atoms with Crippen molar-refractivity contribution in [2.75, 3.05) is 19.5 Å². The number of anilines is 1. The van der Waals surface area contributed by atoms with Crippen molar-refractivity contribution in [3.8, 4) is 11.5 Å². The molecule has 0 aliphatic rings. The van der Waals surface area contributed by atoms with Gasteiger partial charge in [-0.3, -0.25) is 9.13 Å². The third-order valence-corrected chi connectivity index (χ3v) is 4.77. The number of amides is 2. The van der Waals surface area contributed by atoms with Crippen LogP contribution in [-0.2, 0) is 20.6 Å². The van der Waals surface area contributed by atoms with Gasteiger partial charge in [-0.05, 0) is 42.3 Å². The van der Waals surface area contributed by atoms with E-state index in [1.807, 2.05) is 31.2 Å². The molecule has 2 amide bonds. The van der Waals surface area contributed by atoms with Gasteiger partial charge in [0.05, 0.1) is 25.3 Å². The van der Waals surface area contributed by atoms with Crippen LogP contribution in [0.4, 0.5) is 10.5 Å². The van der Waals surface area contributed by atoms with Crippen LogP contribution in [0.1, 0.15) is 11.1 Å². The summed E-state index contributed by atoms with van der Waals surface area (Å²) in [5.41, 5.74) is 3.87. The summed E-state index contributed by atoms with van der Waals surface area (Å²) in [4.78, 5) is 24.5. The Morgan fingerprint density at radius 2 is 1.64 bits per heavy atom. The minimum absolute atomic E-state index is 0.107. The average Bonchev–Trinajstić information content (AvgIpc) is 2.90. The van der Waals surface area contributed by atoms with Crippen molar-refractivity contribution in [3.63, 3.8) is 0 Å². The first-order chi connectivity index (χ1) is 13.3. The van der Waals surface area contributed by atoms with Gasteiger partial charge in [0, 0.05) is 26.3 Å². The molecule has 0 atom stereocenters. The van der Waals surface area contributed by atoms with E-state index < -0.39 is 0 Å². The van der Waals surface area contributed by atoms with Gasteiger partial charge >= 0.3 is 11.7 Å². The number of urea groups is 1. The summed E-state index contributed by atoms with van der Waals surface area (Å²) in [5, 5.41) is 5.67. The maximum atomic E-state index is 12.4. The molecule has 8 nitrogen and oxygen atoms in total. The van der Waals surface area contributed by atoms with Crippen molar-refractivity contribution in [2.24, 2.45) is 14.1 Å². The van der Waals surface area contributed by atoms with Gasteiger partial charge < -0.3 is 20.1 Å². The lowest BCUT2D eigenvalue weighted by molar-refractivity contribution is 0.251. The van der Waals surface area contributed by atoms with Crippen molar-refractivity contribution in [2.45, 2.75) is 13.5 Å². The Balaban J connectivity index is 1.74. The summed E-state index contributed by atoms with van der Waals surface area (Å²) in [7, 11) is 6.58. The van der Waals surface area contributed by atoms with Gasteiger partial charge in [-0.15, -0.1) is 0 Å². The average molecular weight is 384 g/mol. The molecule has 0 saturated carbocycles. The molecule has 0 spiro atoms. The maximum Gasteiger partial charge on any atom is 0.328 e. The molecule has 1 aromatic heterocycles. The number of aryl methyl sites for hydroxylation is 3. The number of hydrogen-bond donors (Lipinski definition) is 2. The topological polar surface area (TPSA) is 86.5 Å². The van der Waals surface area contributed by atoms with Crippen LogP contribution < -0.4 is 25.8 Å². The van der Waals surface area contributed by atoms with Gasteiger partial charge in [-0.2, -0.15) is 0 Å². The number of rotatable bonds is 5. The molecule has 0 saturated heterocycles. The van der Waals surface area contributed by atoms with E-state index in [1.165, 1.54) is 0 Å². The molecule has 0 radical (unpaired) electrons. The van der Waals surface area contributed by atoms with Crippen LogP contribution in [0.3, 0.4) is 0 Å². The third-order valence-electron chi connectivity index (χ3n) is 4.77. The Hall–Kier alpha value is -3.42. The predicted octanol–water partition coefficient (Wildman–Crippen LogP) is 2.52. The molecule has 0 aliphatic heterocycles. The number of aromatic nitrogens is 2. The SMILES string of the molecule is COc1ccc(CNC(=O)Nc2cc3c(cc2C)n(C)c(=O)n3C)cc1OC. The number of nitrogens with zero attached hydrogens (tertiary/aromatic N) is 2. The molecule has 0 bridgehead atoms. The molecular formula is C20H24N4O4. The van der Waals surface area contributed by atoms with Crippen LogP contribution in [0, 0.1) is 6.92 Å². The smallest absolute Gasteiger partial charge is 0.328 e. The van der Waals surface area contributed by atoms with Crippen molar-refractivity contribution in [1.82, 2.24) is 14.5 Å². The Morgan fingerprint density at radius 1 is 1.00 bits per heavy atom. The zero-order valence-corrected chi connectivity index (χ0v) is 16.6. The van der Waals surface area contributed by atoms with E-state index in [0.29, 0.717) is 23.7 Å². The van der Waals surface area contributed by atoms with Crippen molar-refractivity contribution >= 4 is 22.8 Å². The largest absolute Gasteiger partial charge is 0.493 e. The predicted molar refractivity (Wildman–Crippen MR) is 108 cm³/mol. The highest BCUT2D eigenvalue weighted by atomic mass is 16.5. The molecule has 0 aliphatic carbocycles. The van der Waals surface area contributed by atoms with E-state index in [0.717, 1.165) is 22.2 Å². The van der Waals surface area contributed by atoms with Crippen molar-refractivity contribution < 1.29 is 14.3 Å². The van der Waals surface area contributed by atoms with E-state index in [1.54, 1.807) is 43.5 Å². The highest BCUT2D eigenvalue weighted by Gasteiger charge is 2.12. The number of nitrogens with one attached hydrogen (secondary N) is 2. The van der Waals surface area contributed by atoms with Crippen molar-refractivity contribution in [1.29, 1.82) is 0 Å². The molecule has 1 heterocycles. The van der Waals surface area contributed by atoms with Crippen LogP contribution in [0.25, 0.3) is 11.0 Å². The second kappa shape index (κ2) is 7.67. The van der Waals surface area contributed by atoms with Gasteiger partial charge in [-0.1, -0.05) is 6.07 Å². The number of hydrogen-bond acceptors (Lipinski definition) is 4. The quantitative estimate of drug-likeness (QED) is 0.708. The molecule has 3 rings (SSSR count). The van der Waals surface area contributed by atoms with E-state index in [4.69, 9.17) is 9.47 Å². The lowest BCUT2D eigenvalue weighted by Gasteiger charge is -2.12. The van der Waals surface area contributed by atoms with E-state index in [2.05, 4.69) is 10.6 Å². The fraction of sp³-hybridized carbons (Fsp3) is 0.300. The fourth-order valence-corrected chi connectivity index (χ4v) is 3.12. The summed E-state index contributed by atoms with van der Waals surface area (Å²) in [6.07, 6.45) is 0. The summed E-state index contributed by atoms with van der Waals surface area (Å²) < 4.78 is 13.6. The first-order valence-corrected chi connectivity index (χ1v) is 8.77. The molecule has 8 heteroatoms. The Labute approximate surface area is 162 Å².